The Hall–Kier alpha value is -2.44. The molecule has 0 amide bonds. The van der Waals surface area contributed by atoms with Crippen molar-refractivity contribution in [2.75, 3.05) is 31.1 Å². The first-order valence-corrected chi connectivity index (χ1v) is 11.2. The molecule has 0 bridgehead atoms. The van der Waals surface area contributed by atoms with E-state index in [1.165, 1.54) is 17.8 Å². The molecule has 1 aliphatic heterocycles. The van der Waals surface area contributed by atoms with Gasteiger partial charge in [0.2, 0.25) is 0 Å². The van der Waals surface area contributed by atoms with Crippen LogP contribution in [0.3, 0.4) is 0 Å². The number of piperazine rings is 1. The van der Waals surface area contributed by atoms with Crippen molar-refractivity contribution in [1.82, 2.24) is 14.7 Å². The van der Waals surface area contributed by atoms with E-state index in [1.807, 2.05) is 29.1 Å². The minimum Gasteiger partial charge on any atom is -0.369 e. The van der Waals surface area contributed by atoms with E-state index in [9.17, 15) is 8.78 Å². The predicted octanol–water partition coefficient (Wildman–Crippen LogP) is 5.40. The highest BCUT2D eigenvalue weighted by Crippen LogP contribution is 2.34. The standard InChI is InChI=1S/C24H25ClF2N4/c25-17-1-4-19(5-2-17)29-11-13-30(14-12-29)20-6-7-21(16-20)31-10-9-24(28-31)22-8-3-18(26)15-23(22)27/h1-5,8-10,15,20-21H,6-7,11-14,16H2/t20-,21-/m0/s1. The van der Waals surface area contributed by atoms with Crippen LogP contribution in [0, 0.1) is 11.6 Å². The quantitative estimate of drug-likeness (QED) is 0.541. The van der Waals surface area contributed by atoms with Gasteiger partial charge in [-0.25, -0.2) is 8.78 Å². The van der Waals surface area contributed by atoms with E-state index in [0.29, 0.717) is 23.3 Å². The minimum atomic E-state index is -0.576. The highest BCUT2D eigenvalue weighted by molar-refractivity contribution is 6.30. The van der Waals surface area contributed by atoms with Crippen LogP contribution in [-0.4, -0.2) is 46.9 Å². The Morgan fingerprint density at radius 2 is 1.61 bits per heavy atom. The van der Waals surface area contributed by atoms with Crippen molar-refractivity contribution < 1.29 is 8.78 Å². The van der Waals surface area contributed by atoms with Crippen molar-refractivity contribution >= 4 is 17.3 Å². The van der Waals surface area contributed by atoms with Gasteiger partial charge in [-0.15, -0.1) is 0 Å². The number of hydrogen-bond donors (Lipinski definition) is 0. The maximum Gasteiger partial charge on any atom is 0.135 e. The van der Waals surface area contributed by atoms with Crippen molar-refractivity contribution in [2.24, 2.45) is 0 Å². The van der Waals surface area contributed by atoms with E-state index < -0.39 is 11.6 Å². The Bertz CT molecular complexity index is 1040. The zero-order valence-corrected chi connectivity index (χ0v) is 18.0. The number of hydrogen-bond acceptors (Lipinski definition) is 3. The maximum absolute atomic E-state index is 14.1. The summed E-state index contributed by atoms with van der Waals surface area (Å²) < 4.78 is 29.2. The summed E-state index contributed by atoms with van der Waals surface area (Å²) >= 11 is 6.01. The van der Waals surface area contributed by atoms with Gasteiger partial charge in [0.05, 0.1) is 11.7 Å². The van der Waals surface area contributed by atoms with Crippen molar-refractivity contribution in [3.05, 3.63) is 71.4 Å². The molecule has 2 aliphatic rings. The summed E-state index contributed by atoms with van der Waals surface area (Å²) in [5.74, 6) is -1.15. The van der Waals surface area contributed by atoms with Crippen LogP contribution in [0.25, 0.3) is 11.3 Å². The lowest BCUT2D eigenvalue weighted by atomic mass is 10.1. The van der Waals surface area contributed by atoms with Crippen LogP contribution in [0.2, 0.25) is 5.02 Å². The number of anilines is 1. The average molecular weight is 443 g/mol. The van der Waals surface area contributed by atoms with Gasteiger partial charge in [-0.2, -0.15) is 5.10 Å². The Labute approximate surface area is 186 Å². The molecule has 4 nitrogen and oxygen atoms in total. The van der Waals surface area contributed by atoms with Gasteiger partial charge in [-0.05, 0) is 61.7 Å². The van der Waals surface area contributed by atoms with E-state index in [-0.39, 0.29) is 0 Å². The lowest BCUT2D eigenvalue weighted by molar-refractivity contribution is 0.183. The van der Waals surface area contributed by atoms with Gasteiger partial charge in [0.1, 0.15) is 11.6 Å². The molecule has 2 fully saturated rings. The van der Waals surface area contributed by atoms with Crippen LogP contribution in [0.5, 0.6) is 0 Å². The van der Waals surface area contributed by atoms with E-state index in [1.54, 1.807) is 0 Å². The Morgan fingerprint density at radius 3 is 2.35 bits per heavy atom. The molecule has 0 unspecified atom stereocenters. The summed E-state index contributed by atoms with van der Waals surface area (Å²) in [7, 11) is 0. The molecule has 1 saturated carbocycles. The lowest BCUT2D eigenvalue weighted by Gasteiger charge is -2.39. The van der Waals surface area contributed by atoms with Crippen molar-refractivity contribution in [2.45, 2.75) is 31.3 Å². The van der Waals surface area contributed by atoms with Crippen LogP contribution in [-0.2, 0) is 0 Å². The second-order valence-corrected chi connectivity index (χ2v) is 8.86. The van der Waals surface area contributed by atoms with Crippen LogP contribution in [0.15, 0.2) is 54.7 Å². The molecule has 2 atom stereocenters. The fourth-order valence-corrected chi connectivity index (χ4v) is 5.01. The van der Waals surface area contributed by atoms with E-state index in [2.05, 4.69) is 27.0 Å². The number of nitrogens with zero attached hydrogens (tertiary/aromatic N) is 4. The second kappa shape index (κ2) is 8.60. The van der Waals surface area contributed by atoms with Crippen molar-refractivity contribution in [1.29, 1.82) is 0 Å². The predicted molar refractivity (Wildman–Crippen MR) is 119 cm³/mol. The fraction of sp³-hybridized carbons (Fsp3) is 0.375. The number of halogens is 3. The molecule has 0 N–H and O–H groups in total. The molecule has 7 heteroatoms. The van der Waals surface area contributed by atoms with Crippen molar-refractivity contribution in [3.8, 4) is 11.3 Å². The zero-order chi connectivity index (χ0) is 21.4. The molecule has 1 aromatic heterocycles. The molecular formula is C24H25ClF2N4. The number of benzene rings is 2. The molecule has 0 spiro atoms. The molecule has 3 aromatic rings. The first-order valence-electron chi connectivity index (χ1n) is 10.8. The molecule has 2 heterocycles. The summed E-state index contributed by atoms with van der Waals surface area (Å²) in [6.45, 7) is 4.12. The molecule has 31 heavy (non-hydrogen) atoms. The first kappa shape index (κ1) is 20.5. The summed E-state index contributed by atoms with van der Waals surface area (Å²) in [6, 6.07) is 14.4. The maximum atomic E-state index is 14.1. The highest BCUT2D eigenvalue weighted by atomic mass is 35.5. The van der Waals surface area contributed by atoms with E-state index in [4.69, 9.17) is 11.6 Å². The van der Waals surface area contributed by atoms with Gasteiger partial charge >= 0.3 is 0 Å². The van der Waals surface area contributed by atoms with Gasteiger partial charge in [-0.1, -0.05) is 11.6 Å². The Morgan fingerprint density at radius 1 is 0.871 bits per heavy atom. The van der Waals surface area contributed by atoms with E-state index >= 15 is 0 Å². The molecule has 1 aliphatic carbocycles. The van der Waals surface area contributed by atoms with Crippen LogP contribution in [0.1, 0.15) is 25.3 Å². The average Bonchev–Trinajstić information content (AvgIpc) is 3.44. The molecular weight excluding hydrogens is 418 g/mol. The zero-order valence-electron chi connectivity index (χ0n) is 17.2. The monoisotopic (exact) mass is 442 g/mol. The van der Waals surface area contributed by atoms with Crippen LogP contribution < -0.4 is 4.90 Å². The van der Waals surface area contributed by atoms with Gasteiger partial charge < -0.3 is 4.90 Å². The smallest absolute Gasteiger partial charge is 0.135 e. The molecule has 0 radical (unpaired) electrons. The topological polar surface area (TPSA) is 24.3 Å². The largest absolute Gasteiger partial charge is 0.369 e. The highest BCUT2D eigenvalue weighted by Gasteiger charge is 2.32. The molecule has 5 rings (SSSR count). The Kier molecular flexibility index (Phi) is 5.67. The third kappa shape index (κ3) is 4.32. The number of rotatable bonds is 4. The van der Waals surface area contributed by atoms with Crippen LogP contribution in [0.4, 0.5) is 14.5 Å². The summed E-state index contributed by atoms with van der Waals surface area (Å²) in [4.78, 5) is 5.01. The van der Waals surface area contributed by atoms with Gasteiger partial charge in [0, 0.05) is 60.8 Å². The third-order valence-corrected chi connectivity index (χ3v) is 6.84. The Balaban J connectivity index is 1.19. The molecule has 162 valence electrons. The van der Waals surface area contributed by atoms with Crippen molar-refractivity contribution in [3.63, 3.8) is 0 Å². The summed E-state index contributed by atoms with van der Waals surface area (Å²) in [5.41, 5.74) is 2.12. The summed E-state index contributed by atoms with van der Waals surface area (Å²) in [5, 5.41) is 5.38. The van der Waals surface area contributed by atoms with Gasteiger partial charge in [0.25, 0.3) is 0 Å². The normalized spacial score (nSPS) is 22.2. The second-order valence-electron chi connectivity index (χ2n) is 8.43. The fourth-order valence-electron chi connectivity index (χ4n) is 4.89. The SMILES string of the molecule is Fc1ccc(-c2ccn([C@H]3CC[C@H](N4CCN(c5ccc(Cl)cc5)CC4)C3)n2)c(F)c1. The lowest BCUT2D eigenvalue weighted by Crippen LogP contribution is -2.49. The van der Waals surface area contributed by atoms with Crippen LogP contribution >= 0.6 is 11.6 Å². The summed E-state index contributed by atoms with van der Waals surface area (Å²) in [6.07, 6.45) is 5.18. The molecule has 1 saturated heterocycles. The first-order chi connectivity index (χ1) is 15.1. The van der Waals surface area contributed by atoms with Gasteiger partial charge in [-0.3, -0.25) is 9.58 Å². The number of aromatic nitrogens is 2. The minimum absolute atomic E-state index is 0.316. The van der Waals surface area contributed by atoms with Gasteiger partial charge in [0.15, 0.2) is 0 Å². The third-order valence-electron chi connectivity index (χ3n) is 6.59. The van der Waals surface area contributed by atoms with E-state index in [0.717, 1.165) is 56.5 Å². The molecule has 2 aromatic carbocycles.